The SMILES string of the molecule is Cc1ccccc1S(=O)(=O)NC(C)c1cccc(Br)c1. The van der Waals surface area contributed by atoms with Gasteiger partial charge in [-0.1, -0.05) is 46.3 Å². The number of nitrogens with one attached hydrogen (secondary N) is 1. The van der Waals surface area contributed by atoms with E-state index >= 15 is 0 Å². The first-order valence-electron chi connectivity index (χ1n) is 6.23. The number of benzene rings is 2. The summed E-state index contributed by atoms with van der Waals surface area (Å²) in [6, 6.07) is 14.3. The van der Waals surface area contributed by atoms with E-state index < -0.39 is 10.0 Å². The molecular weight excluding hydrogens is 338 g/mol. The second-order valence-electron chi connectivity index (χ2n) is 4.66. The predicted molar refractivity (Wildman–Crippen MR) is 84.1 cm³/mol. The fourth-order valence-electron chi connectivity index (χ4n) is 2.00. The lowest BCUT2D eigenvalue weighted by Crippen LogP contribution is -2.27. The van der Waals surface area contributed by atoms with Gasteiger partial charge in [-0.05, 0) is 43.2 Å². The van der Waals surface area contributed by atoms with E-state index in [1.165, 1.54) is 0 Å². The lowest BCUT2D eigenvalue weighted by Gasteiger charge is -2.16. The molecule has 0 fully saturated rings. The average molecular weight is 354 g/mol. The summed E-state index contributed by atoms with van der Waals surface area (Å²) in [7, 11) is -3.52. The molecule has 0 spiro atoms. The Kier molecular flexibility index (Phi) is 4.62. The zero-order valence-corrected chi connectivity index (χ0v) is 13.7. The molecule has 106 valence electrons. The monoisotopic (exact) mass is 353 g/mol. The van der Waals surface area contributed by atoms with Crippen molar-refractivity contribution in [1.82, 2.24) is 4.72 Å². The van der Waals surface area contributed by atoms with Crippen molar-refractivity contribution in [2.75, 3.05) is 0 Å². The Morgan fingerprint density at radius 2 is 1.80 bits per heavy atom. The second-order valence-corrected chi connectivity index (χ2v) is 7.26. The van der Waals surface area contributed by atoms with Gasteiger partial charge in [0, 0.05) is 10.5 Å². The molecule has 0 bridgehead atoms. The van der Waals surface area contributed by atoms with Gasteiger partial charge in [0.2, 0.25) is 10.0 Å². The van der Waals surface area contributed by atoms with E-state index in [9.17, 15) is 8.42 Å². The molecular formula is C15H16BrNO2S. The van der Waals surface area contributed by atoms with Crippen molar-refractivity contribution in [3.63, 3.8) is 0 Å². The number of hydrogen-bond donors (Lipinski definition) is 1. The average Bonchev–Trinajstić information content (AvgIpc) is 2.38. The molecule has 1 atom stereocenters. The zero-order valence-electron chi connectivity index (χ0n) is 11.3. The van der Waals surface area contributed by atoms with Crippen molar-refractivity contribution in [3.8, 4) is 0 Å². The van der Waals surface area contributed by atoms with Crippen LogP contribution in [0.5, 0.6) is 0 Å². The van der Waals surface area contributed by atoms with Gasteiger partial charge in [-0.15, -0.1) is 0 Å². The van der Waals surface area contributed by atoms with Crippen LogP contribution < -0.4 is 4.72 Å². The van der Waals surface area contributed by atoms with Crippen molar-refractivity contribution in [2.24, 2.45) is 0 Å². The van der Waals surface area contributed by atoms with E-state index in [2.05, 4.69) is 20.7 Å². The zero-order chi connectivity index (χ0) is 14.8. The summed E-state index contributed by atoms with van der Waals surface area (Å²) in [5.41, 5.74) is 1.65. The van der Waals surface area contributed by atoms with Crippen LogP contribution in [0, 0.1) is 6.92 Å². The summed E-state index contributed by atoms with van der Waals surface area (Å²) in [4.78, 5) is 0.321. The fraction of sp³-hybridized carbons (Fsp3) is 0.200. The molecule has 0 aliphatic rings. The van der Waals surface area contributed by atoms with Gasteiger partial charge in [0.05, 0.1) is 4.90 Å². The highest BCUT2D eigenvalue weighted by molar-refractivity contribution is 9.10. The molecule has 2 aromatic carbocycles. The first-order chi connectivity index (χ1) is 9.40. The van der Waals surface area contributed by atoms with Crippen molar-refractivity contribution in [2.45, 2.75) is 24.8 Å². The molecule has 0 aromatic heterocycles. The van der Waals surface area contributed by atoms with E-state index in [1.807, 2.05) is 37.3 Å². The third-order valence-corrected chi connectivity index (χ3v) is 5.26. The van der Waals surface area contributed by atoms with Crippen LogP contribution in [-0.2, 0) is 10.0 Å². The van der Waals surface area contributed by atoms with Gasteiger partial charge in [-0.3, -0.25) is 0 Å². The molecule has 0 saturated carbocycles. The molecule has 3 nitrogen and oxygen atoms in total. The molecule has 0 heterocycles. The van der Waals surface area contributed by atoms with Crippen molar-refractivity contribution < 1.29 is 8.42 Å². The highest BCUT2D eigenvalue weighted by Crippen LogP contribution is 2.21. The van der Waals surface area contributed by atoms with Gasteiger partial charge in [-0.2, -0.15) is 0 Å². The molecule has 1 unspecified atom stereocenters. The summed E-state index contributed by atoms with van der Waals surface area (Å²) in [6.45, 7) is 3.62. The Bertz CT molecular complexity index is 713. The summed E-state index contributed by atoms with van der Waals surface area (Å²) in [5.74, 6) is 0. The van der Waals surface area contributed by atoms with Gasteiger partial charge >= 0.3 is 0 Å². The van der Waals surface area contributed by atoms with Gasteiger partial charge in [0.1, 0.15) is 0 Å². The Labute approximate surface area is 128 Å². The molecule has 2 rings (SSSR count). The molecule has 1 N–H and O–H groups in total. The van der Waals surface area contributed by atoms with Crippen LogP contribution in [0.1, 0.15) is 24.1 Å². The molecule has 20 heavy (non-hydrogen) atoms. The van der Waals surface area contributed by atoms with Gasteiger partial charge in [-0.25, -0.2) is 13.1 Å². The smallest absolute Gasteiger partial charge is 0.207 e. The molecule has 0 aliphatic heterocycles. The number of rotatable bonds is 4. The first kappa shape index (κ1) is 15.2. The quantitative estimate of drug-likeness (QED) is 0.908. The highest BCUT2D eigenvalue weighted by atomic mass is 79.9. The normalized spacial score (nSPS) is 13.2. The molecule has 2 aromatic rings. The highest BCUT2D eigenvalue weighted by Gasteiger charge is 2.19. The number of aryl methyl sites for hydroxylation is 1. The minimum Gasteiger partial charge on any atom is -0.207 e. The standard InChI is InChI=1S/C15H16BrNO2S/c1-11-6-3-4-9-15(11)20(18,19)17-12(2)13-7-5-8-14(16)10-13/h3-10,12,17H,1-2H3. The summed E-state index contributed by atoms with van der Waals surface area (Å²) >= 11 is 3.39. The van der Waals surface area contributed by atoms with Crippen molar-refractivity contribution in [3.05, 3.63) is 64.1 Å². The van der Waals surface area contributed by atoms with E-state index in [-0.39, 0.29) is 6.04 Å². The van der Waals surface area contributed by atoms with E-state index in [1.54, 1.807) is 25.1 Å². The molecule has 0 amide bonds. The van der Waals surface area contributed by atoms with Crippen LogP contribution in [0.4, 0.5) is 0 Å². The topological polar surface area (TPSA) is 46.2 Å². The fourth-order valence-corrected chi connectivity index (χ4v) is 3.89. The Balaban J connectivity index is 2.27. The van der Waals surface area contributed by atoms with Crippen molar-refractivity contribution >= 4 is 26.0 Å². The maximum atomic E-state index is 12.4. The predicted octanol–water partition coefficient (Wildman–Crippen LogP) is 3.80. The summed E-state index contributed by atoms with van der Waals surface area (Å²) in [6.07, 6.45) is 0. The van der Waals surface area contributed by atoms with Crippen LogP contribution in [0.15, 0.2) is 57.9 Å². The van der Waals surface area contributed by atoms with Crippen LogP contribution in [0.2, 0.25) is 0 Å². The summed E-state index contributed by atoms with van der Waals surface area (Å²) in [5, 5.41) is 0. The Morgan fingerprint density at radius 1 is 1.10 bits per heavy atom. The molecule has 0 aliphatic carbocycles. The maximum absolute atomic E-state index is 12.4. The maximum Gasteiger partial charge on any atom is 0.241 e. The number of halogens is 1. The number of hydrogen-bond acceptors (Lipinski definition) is 2. The number of sulfonamides is 1. The second kappa shape index (κ2) is 6.08. The Morgan fingerprint density at radius 3 is 2.45 bits per heavy atom. The van der Waals surface area contributed by atoms with E-state index in [0.29, 0.717) is 4.90 Å². The van der Waals surface area contributed by atoms with Gasteiger partial charge in [0.25, 0.3) is 0 Å². The Hall–Kier alpha value is -1.17. The molecule has 5 heteroatoms. The van der Waals surface area contributed by atoms with Crippen LogP contribution >= 0.6 is 15.9 Å². The van der Waals surface area contributed by atoms with E-state index in [0.717, 1.165) is 15.6 Å². The van der Waals surface area contributed by atoms with Crippen LogP contribution in [0.25, 0.3) is 0 Å². The van der Waals surface area contributed by atoms with E-state index in [4.69, 9.17) is 0 Å². The summed E-state index contributed by atoms with van der Waals surface area (Å²) < 4.78 is 28.4. The van der Waals surface area contributed by atoms with Gasteiger partial charge < -0.3 is 0 Å². The van der Waals surface area contributed by atoms with Gasteiger partial charge in [0.15, 0.2) is 0 Å². The lowest BCUT2D eigenvalue weighted by molar-refractivity contribution is 0.566. The minimum atomic E-state index is -3.52. The third kappa shape index (κ3) is 3.48. The molecule has 0 saturated heterocycles. The van der Waals surface area contributed by atoms with Crippen LogP contribution in [-0.4, -0.2) is 8.42 Å². The largest absolute Gasteiger partial charge is 0.241 e. The van der Waals surface area contributed by atoms with Crippen molar-refractivity contribution in [1.29, 1.82) is 0 Å². The minimum absolute atomic E-state index is 0.294. The molecule has 0 radical (unpaired) electrons. The third-order valence-electron chi connectivity index (χ3n) is 3.06. The lowest BCUT2D eigenvalue weighted by atomic mass is 10.1. The first-order valence-corrected chi connectivity index (χ1v) is 8.51. The van der Waals surface area contributed by atoms with Crippen LogP contribution in [0.3, 0.4) is 0 Å².